The summed E-state index contributed by atoms with van der Waals surface area (Å²) in [5.74, 6) is 0.763. The molecule has 110 valence electrons. The number of hydrogen-bond donors (Lipinski definition) is 2. The summed E-state index contributed by atoms with van der Waals surface area (Å²) in [5, 5.41) is 12.6. The van der Waals surface area contributed by atoms with Gasteiger partial charge < -0.3 is 15.2 Å². The lowest BCUT2D eigenvalue weighted by molar-refractivity contribution is -0.123. The van der Waals surface area contributed by atoms with Crippen LogP contribution >= 0.6 is 0 Å². The maximum atomic E-state index is 12.1. The zero-order valence-corrected chi connectivity index (χ0v) is 12.0. The zero-order valence-electron chi connectivity index (χ0n) is 12.0. The Morgan fingerprint density at radius 3 is 2.45 bits per heavy atom. The van der Waals surface area contributed by atoms with Crippen LogP contribution in [-0.2, 0) is 11.2 Å². The quantitative estimate of drug-likeness (QED) is 0.866. The minimum atomic E-state index is -0.401. The van der Waals surface area contributed by atoms with Crippen molar-refractivity contribution in [2.24, 2.45) is 0 Å². The smallest absolute Gasteiger partial charge is 0.224 e. The number of benzene rings is 1. The molecule has 2 N–H and O–H groups in total. The van der Waals surface area contributed by atoms with Crippen LogP contribution in [0, 0.1) is 0 Å². The van der Waals surface area contributed by atoms with E-state index in [0.29, 0.717) is 6.42 Å². The molecule has 0 radical (unpaired) electrons. The van der Waals surface area contributed by atoms with Crippen molar-refractivity contribution in [1.29, 1.82) is 0 Å². The Hall–Kier alpha value is -1.55. The number of aliphatic hydroxyl groups is 1. The normalized spacial score (nSPS) is 17.5. The van der Waals surface area contributed by atoms with Crippen molar-refractivity contribution in [1.82, 2.24) is 5.32 Å². The molecule has 1 saturated carbocycles. The van der Waals surface area contributed by atoms with E-state index in [0.717, 1.165) is 37.0 Å². The monoisotopic (exact) mass is 277 g/mol. The summed E-state index contributed by atoms with van der Waals surface area (Å²) < 4.78 is 5.10. The molecule has 1 aromatic rings. The van der Waals surface area contributed by atoms with E-state index in [2.05, 4.69) is 5.32 Å². The molecule has 0 bridgehead atoms. The van der Waals surface area contributed by atoms with Gasteiger partial charge in [-0.3, -0.25) is 4.79 Å². The van der Waals surface area contributed by atoms with Gasteiger partial charge >= 0.3 is 0 Å². The van der Waals surface area contributed by atoms with E-state index in [4.69, 9.17) is 4.74 Å². The summed E-state index contributed by atoms with van der Waals surface area (Å²) in [6.07, 6.45) is 5.42. The minimum absolute atomic E-state index is 0.0221. The van der Waals surface area contributed by atoms with Crippen LogP contribution < -0.4 is 10.1 Å². The Bertz CT molecular complexity index is 436. The summed E-state index contributed by atoms with van der Waals surface area (Å²) >= 11 is 0. The van der Waals surface area contributed by atoms with Crippen LogP contribution in [0.5, 0.6) is 5.75 Å². The third-order valence-corrected chi connectivity index (χ3v) is 4.04. The van der Waals surface area contributed by atoms with Gasteiger partial charge in [-0.05, 0) is 30.5 Å². The molecule has 20 heavy (non-hydrogen) atoms. The fourth-order valence-corrected chi connectivity index (χ4v) is 2.82. The summed E-state index contributed by atoms with van der Waals surface area (Å²) in [7, 11) is 1.62. The highest BCUT2D eigenvalue weighted by atomic mass is 16.5. The first kappa shape index (κ1) is 14.9. The molecule has 2 rings (SSSR count). The minimum Gasteiger partial charge on any atom is -0.497 e. The van der Waals surface area contributed by atoms with Crippen molar-refractivity contribution in [3.05, 3.63) is 29.8 Å². The fraction of sp³-hybridized carbons (Fsp3) is 0.562. The number of rotatable bonds is 5. The van der Waals surface area contributed by atoms with Gasteiger partial charge in [0.05, 0.1) is 25.7 Å². The second kappa shape index (κ2) is 6.75. The molecule has 0 saturated heterocycles. The van der Waals surface area contributed by atoms with Crippen molar-refractivity contribution in [3.63, 3.8) is 0 Å². The van der Waals surface area contributed by atoms with Gasteiger partial charge in [-0.1, -0.05) is 31.4 Å². The number of nitrogens with one attached hydrogen (secondary N) is 1. The highest BCUT2D eigenvalue weighted by molar-refractivity contribution is 5.79. The largest absolute Gasteiger partial charge is 0.497 e. The third-order valence-electron chi connectivity index (χ3n) is 4.04. The van der Waals surface area contributed by atoms with E-state index in [-0.39, 0.29) is 12.5 Å². The zero-order chi connectivity index (χ0) is 14.4. The first-order valence-electron chi connectivity index (χ1n) is 7.22. The van der Waals surface area contributed by atoms with Gasteiger partial charge in [-0.2, -0.15) is 0 Å². The topological polar surface area (TPSA) is 58.6 Å². The molecule has 4 heteroatoms. The average Bonchev–Trinajstić information content (AvgIpc) is 2.49. The van der Waals surface area contributed by atoms with E-state index in [1.807, 2.05) is 24.3 Å². The molecule has 0 spiro atoms. The highest BCUT2D eigenvalue weighted by Crippen LogP contribution is 2.27. The van der Waals surface area contributed by atoms with Gasteiger partial charge in [0.15, 0.2) is 0 Å². The van der Waals surface area contributed by atoms with Gasteiger partial charge in [0.2, 0.25) is 5.91 Å². The first-order valence-corrected chi connectivity index (χ1v) is 7.22. The van der Waals surface area contributed by atoms with Gasteiger partial charge in [0.25, 0.3) is 0 Å². The SMILES string of the molecule is COc1ccc(CC(=O)NC2(CO)CCCCC2)cc1. The summed E-state index contributed by atoms with van der Waals surface area (Å²) in [4.78, 5) is 12.1. The van der Waals surface area contributed by atoms with Crippen molar-refractivity contribution in [2.45, 2.75) is 44.1 Å². The van der Waals surface area contributed by atoms with Crippen molar-refractivity contribution in [2.75, 3.05) is 13.7 Å². The van der Waals surface area contributed by atoms with Crippen molar-refractivity contribution < 1.29 is 14.6 Å². The number of aliphatic hydroxyl groups excluding tert-OH is 1. The average molecular weight is 277 g/mol. The molecule has 0 aliphatic heterocycles. The molecule has 0 heterocycles. The Labute approximate surface area is 120 Å². The van der Waals surface area contributed by atoms with Crippen LogP contribution in [0.1, 0.15) is 37.7 Å². The molecule has 1 fully saturated rings. The Kier molecular flexibility index (Phi) is 5.01. The lowest BCUT2D eigenvalue weighted by atomic mass is 9.82. The maximum Gasteiger partial charge on any atom is 0.224 e. The van der Waals surface area contributed by atoms with E-state index in [1.165, 1.54) is 6.42 Å². The lowest BCUT2D eigenvalue weighted by Gasteiger charge is -2.36. The van der Waals surface area contributed by atoms with Gasteiger partial charge in [-0.25, -0.2) is 0 Å². The van der Waals surface area contributed by atoms with Crippen molar-refractivity contribution in [3.8, 4) is 5.75 Å². The van der Waals surface area contributed by atoms with E-state index in [1.54, 1.807) is 7.11 Å². The number of carbonyl (C=O) groups is 1. The number of ether oxygens (including phenoxy) is 1. The van der Waals surface area contributed by atoms with E-state index < -0.39 is 5.54 Å². The van der Waals surface area contributed by atoms with Crippen LogP contribution in [0.25, 0.3) is 0 Å². The Morgan fingerprint density at radius 2 is 1.90 bits per heavy atom. The predicted molar refractivity (Wildman–Crippen MR) is 77.7 cm³/mol. The van der Waals surface area contributed by atoms with E-state index >= 15 is 0 Å². The summed E-state index contributed by atoms with van der Waals surface area (Å²) in [6, 6.07) is 7.49. The van der Waals surface area contributed by atoms with Gasteiger partial charge in [0, 0.05) is 0 Å². The first-order chi connectivity index (χ1) is 9.67. The summed E-state index contributed by atoms with van der Waals surface area (Å²) in [6.45, 7) is 0.0291. The second-order valence-electron chi connectivity index (χ2n) is 5.57. The standard InChI is InChI=1S/C16H23NO3/c1-20-14-7-5-13(6-8-14)11-15(19)17-16(12-18)9-3-2-4-10-16/h5-8,18H,2-4,9-12H2,1H3,(H,17,19). The van der Waals surface area contributed by atoms with Gasteiger partial charge in [0.1, 0.15) is 5.75 Å². The lowest BCUT2D eigenvalue weighted by Crippen LogP contribution is -2.52. The Balaban J connectivity index is 1.93. The molecule has 0 aromatic heterocycles. The van der Waals surface area contributed by atoms with Gasteiger partial charge in [-0.15, -0.1) is 0 Å². The molecule has 1 aliphatic rings. The van der Waals surface area contributed by atoms with Crippen LogP contribution in [0.2, 0.25) is 0 Å². The molecule has 1 aromatic carbocycles. The molecule has 1 amide bonds. The molecule has 0 unspecified atom stereocenters. The van der Waals surface area contributed by atoms with Crippen LogP contribution in [0.15, 0.2) is 24.3 Å². The number of hydrogen-bond acceptors (Lipinski definition) is 3. The van der Waals surface area contributed by atoms with E-state index in [9.17, 15) is 9.90 Å². The van der Waals surface area contributed by atoms with Crippen LogP contribution in [0.3, 0.4) is 0 Å². The molecule has 1 aliphatic carbocycles. The van der Waals surface area contributed by atoms with Crippen molar-refractivity contribution >= 4 is 5.91 Å². The molecular formula is C16H23NO3. The number of methoxy groups -OCH3 is 1. The molecule has 0 atom stereocenters. The number of carbonyl (C=O) groups excluding carboxylic acids is 1. The maximum absolute atomic E-state index is 12.1. The third kappa shape index (κ3) is 3.73. The summed E-state index contributed by atoms with van der Waals surface area (Å²) in [5.41, 5.74) is 0.550. The number of amides is 1. The Morgan fingerprint density at radius 1 is 1.25 bits per heavy atom. The fourth-order valence-electron chi connectivity index (χ4n) is 2.82. The molecular weight excluding hydrogens is 254 g/mol. The van der Waals surface area contributed by atoms with Crippen LogP contribution in [0.4, 0.5) is 0 Å². The highest BCUT2D eigenvalue weighted by Gasteiger charge is 2.32. The molecule has 4 nitrogen and oxygen atoms in total. The predicted octanol–water partition coefficient (Wildman–Crippen LogP) is 2.05. The van der Waals surface area contributed by atoms with Crippen LogP contribution in [-0.4, -0.2) is 30.3 Å². The second-order valence-corrected chi connectivity index (χ2v) is 5.57.